The quantitative estimate of drug-likeness (QED) is 0.908. The van der Waals surface area contributed by atoms with E-state index in [2.05, 4.69) is 6.07 Å². The minimum Gasteiger partial charge on any atom is -0.485 e. The Hall–Kier alpha value is -2.00. The lowest BCUT2D eigenvalue weighted by Crippen LogP contribution is -2.16. The molecule has 3 nitrogen and oxygen atoms in total. The predicted octanol–water partition coefficient (Wildman–Crippen LogP) is 4.49. The molecular formula is C17H15ClO3. The minimum absolute atomic E-state index is 0.119. The van der Waals surface area contributed by atoms with E-state index in [9.17, 15) is 9.90 Å². The molecule has 0 saturated heterocycles. The molecule has 3 rings (SSSR count). The van der Waals surface area contributed by atoms with Crippen molar-refractivity contribution < 1.29 is 14.6 Å². The summed E-state index contributed by atoms with van der Waals surface area (Å²) in [6, 6.07) is 12.8. The van der Waals surface area contributed by atoms with Gasteiger partial charge in [0.05, 0.1) is 0 Å². The van der Waals surface area contributed by atoms with E-state index < -0.39 is 5.97 Å². The molecule has 21 heavy (non-hydrogen) atoms. The molecule has 1 N–H and O–H groups in total. The van der Waals surface area contributed by atoms with Gasteiger partial charge in [-0.15, -0.1) is 0 Å². The highest BCUT2D eigenvalue weighted by molar-refractivity contribution is 6.30. The average molecular weight is 303 g/mol. The Kier molecular flexibility index (Phi) is 3.84. The standard InChI is InChI=1S/C17H15ClO3/c18-12-8-9-14(17(19)20)16(10-12)21-15-7-3-5-11-4-1-2-6-13(11)15/h1-2,4,6,8-10,15H,3,5,7H2,(H,19,20). The Bertz CT molecular complexity index is 681. The van der Waals surface area contributed by atoms with Crippen LogP contribution in [0.1, 0.15) is 40.4 Å². The van der Waals surface area contributed by atoms with Crippen LogP contribution in [0, 0.1) is 0 Å². The van der Waals surface area contributed by atoms with E-state index in [1.807, 2.05) is 18.2 Å². The first-order chi connectivity index (χ1) is 10.1. The second-order valence-corrected chi connectivity index (χ2v) is 5.58. The molecule has 0 radical (unpaired) electrons. The van der Waals surface area contributed by atoms with Crippen LogP contribution >= 0.6 is 11.6 Å². The Balaban J connectivity index is 1.95. The van der Waals surface area contributed by atoms with E-state index in [1.165, 1.54) is 11.6 Å². The lowest BCUT2D eigenvalue weighted by atomic mass is 9.89. The molecule has 0 spiro atoms. The van der Waals surface area contributed by atoms with Gasteiger partial charge < -0.3 is 9.84 Å². The molecule has 0 aliphatic heterocycles. The van der Waals surface area contributed by atoms with Gasteiger partial charge in [0.1, 0.15) is 17.4 Å². The Morgan fingerprint density at radius 3 is 2.86 bits per heavy atom. The molecule has 0 aromatic heterocycles. The van der Waals surface area contributed by atoms with E-state index in [1.54, 1.807) is 12.1 Å². The second-order valence-electron chi connectivity index (χ2n) is 5.14. The number of rotatable bonds is 3. The van der Waals surface area contributed by atoms with Crippen molar-refractivity contribution in [2.45, 2.75) is 25.4 Å². The van der Waals surface area contributed by atoms with E-state index >= 15 is 0 Å². The number of halogens is 1. The van der Waals surface area contributed by atoms with E-state index in [0.29, 0.717) is 10.8 Å². The number of carboxylic acids is 1. The van der Waals surface area contributed by atoms with Crippen LogP contribution in [0.3, 0.4) is 0 Å². The third-order valence-corrected chi connectivity index (χ3v) is 3.99. The van der Waals surface area contributed by atoms with Crippen molar-refractivity contribution in [1.82, 2.24) is 0 Å². The van der Waals surface area contributed by atoms with Crippen LogP contribution in [0.5, 0.6) is 5.75 Å². The van der Waals surface area contributed by atoms with Gasteiger partial charge in [0, 0.05) is 5.02 Å². The maximum Gasteiger partial charge on any atom is 0.339 e. The smallest absolute Gasteiger partial charge is 0.339 e. The fraction of sp³-hybridized carbons (Fsp3) is 0.235. The maximum atomic E-state index is 11.3. The third-order valence-electron chi connectivity index (χ3n) is 3.76. The molecule has 1 aliphatic rings. The number of fused-ring (bicyclic) bond motifs is 1. The molecular weight excluding hydrogens is 288 g/mol. The first-order valence-electron chi connectivity index (χ1n) is 6.92. The van der Waals surface area contributed by atoms with Crippen molar-refractivity contribution in [3.63, 3.8) is 0 Å². The largest absolute Gasteiger partial charge is 0.485 e. The summed E-state index contributed by atoms with van der Waals surface area (Å²) in [6.07, 6.45) is 2.83. The number of hydrogen-bond donors (Lipinski definition) is 1. The van der Waals surface area contributed by atoms with Gasteiger partial charge in [-0.3, -0.25) is 0 Å². The van der Waals surface area contributed by atoms with Crippen molar-refractivity contribution >= 4 is 17.6 Å². The second kappa shape index (κ2) is 5.78. The number of carbonyl (C=O) groups is 1. The van der Waals surface area contributed by atoms with Gasteiger partial charge in [-0.25, -0.2) is 4.79 Å². The van der Waals surface area contributed by atoms with Gasteiger partial charge in [0.25, 0.3) is 0 Å². The number of benzene rings is 2. The number of aromatic carboxylic acids is 1. The lowest BCUT2D eigenvalue weighted by Gasteiger charge is -2.26. The molecule has 0 saturated carbocycles. The van der Waals surface area contributed by atoms with Gasteiger partial charge in [-0.1, -0.05) is 35.9 Å². The van der Waals surface area contributed by atoms with Crippen molar-refractivity contribution in [2.75, 3.05) is 0 Å². The SMILES string of the molecule is O=C(O)c1ccc(Cl)cc1OC1CCCc2ccccc21. The summed E-state index contributed by atoms with van der Waals surface area (Å²) >= 11 is 5.97. The zero-order valence-electron chi connectivity index (χ0n) is 11.4. The molecule has 0 fully saturated rings. The molecule has 0 amide bonds. The molecule has 2 aromatic rings. The van der Waals surface area contributed by atoms with Crippen molar-refractivity contribution in [3.05, 3.63) is 64.2 Å². The van der Waals surface area contributed by atoms with Crippen molar-refractivity contribution in [1.29, 1.82) is 0 Å². The topological polar surface area (TPSA) is 46.5 Å². The summed E-state index contributed by atoms with van der Waals surface area (Å²) in [5.74, 6) is -0.678. The zero-order chi connectivity index (χ0) is 14.8. The third kappa shape index (κ3) is 2.88. The fourth-order valence-corrected chi connectivity index (χ4v) is 2.92. The number of ether oxygens (including phenoxy) is 1. The highest BCUT2D eigenvalue weighted by Crippen LogP contribution is 2.35. The van der Waals surface area contributed by atoms with Gasteiger partial charge in [0.2, 0.25) is 0 Å². The summed E-state index contributed by atoms with van der Waals surface area (Å²) in [5, 5.41) is 9.73. The van der Waals surface area contributed by atoms with E-state index in [4.69, 9.17) is 16.3 Å². The average Bonchev–Trinajstić information content (AvgIpc) is 2.47. The zero-order valence-corrected chi connectivity index (χ0v) is 12.1. The molecule has 4 heteroatoms. The normalized spacial score (nSPS) is 17.1. The molecule has 108 valence electrons. The van der Waals surface area contributed by atoms with Crippen LogP contribution in [0.4, 0.5) is 0 Å². The molecule has 0 bridgehead atoms. The first-order valence-corrected chi connectivity index (χ1v) is 7.30. The highest BCUT2D eigenvalue weighted by atomic mass is 35.5. The van der Waals surface area contributed by atoms with Crippen LogP contribution < -0.4 is 4.74 Å². The Morgan fingerprint density at radius 2 is 2.05 bits per heavy atom. The van der Waals surface area contributed by atoms with E-state index in [0.717, 1.165) is 24.8 Å². The van der Waals surface area contributed by atoms with Crippen molar-refractivity contribution in [2.24, 2.45) is 0 Å². The molecule has 1 unspecified atom stereocenters. The molecule has 1 aliphatic carbocycles. The van der Waals surface area contributed by atoms with Gasteiger partial charge in [-0.2, -0.15) is 0 Å². The van der Waals surface area contributed by atoms with Crippen LogP contribution in [-0.4, -0.2) is 11.1 Å². The highest BCUT2D eigenvalue weighted by Gasteiger charge is 2.23. The Morgan fingerprint density at radius 1 is 1.24 bits per heavy atom. The summed E-state index contributed by atoms with van der Waals surface area (Å²) in [7, 11) is 0. The number of hydrogen-bond acceptors (Lipinski definition) is 2. The van der Waals surface area contributed by atoms with Crippen LogP contribution in [0.15, 0.2) is 42.5 Å². The van der Waals surface area contributed by atoms with E-state index in [-0.39, 0.29) is 11.7 Å². The first kappa shape index (κ1) is 14.0. The molecule has 1 atom stereocenters. The molecule has 0 heterocycles. The number of aryl methyl sites for hydroxylation is 1. The Labute approximate surface area is 128 Å². The predicted molar refractivity (Wildman–Crippen MR) is 81.2 cm³/mol. The fourth-order valence-electron chi connectivity index (χ4n) is 2.76. The summed E-state index contributed by atoms with van der Waals surface area (Å²) in [5.41, 5.74) is 2.55. The lowest BCUT2D eigenvalue weighted by molar-refractivity contribution is 0.0688. The monoisotopic (exact) mass is 302 g/mol. The van der Waals surface area contributed by atoms with Crippen LogP contribution in [-0.2, 0) is 6.42 Å². The van der Waals surface area contributed by atoms with Gasteiger partial charge in [-0.05, 0) is 48.6 Å². The number of carboxylic acid groups (broad SMARTS) is 1. The van der Waals surface area contributed by atoms with Crippen LogP contribution in [0.2, 0.25) is 5.02 Å². The van der Waals surface area contributed by atoms with Crippen molar-refractivity contribution in [3.8, 4) is 5.75 Å². The van der Waals surface area contributed by atoms with Gasteiger partial charge in [0.15, 0.2) is 0 Å². The summed E-state index contributed by atoms with van der Waals surface area (Å²) in [6.45, 7) is 0. The minimum atomic E-state index is -1.01. The van der Waals surface area contributed by atoms with Gasteiger partial charge >= 0.3 is 5.97 Å². The summed E-state index contributed by atoms with van der Waals surface area (Å²) < 4.78 is 5.99. The van der Waals surface area contributed by atoms with Crippen LogP contribution in [0.25, 0.3) is 0 Å². The molecule has 2 aromatic carbocycles. The maximum absolute atomic E-state index is 11.3. The summed E-state index contributed by atoms with van der Waals surface area (Å²) in [4.78, 5) is 11.3.